The predicted molar refractivity (Wildman–Crippen MR) is 85.4 cm³/mol. The minimum absolute atomic E-state index is 0.0521. The standard InChI is InChI=1S/C16H19N3OS/c17-15-14(12-4-2-1-3-5-13(12)21-15)16(20)19-10-11-6-8-18-9-7-11/h6-9H,1-5,10,17H2,(H,19,20). The molecule has 0 aliphatic heterocycles. The largest absolute Gasteiger partial charge is 0.390 e. The molecule has 0 atom stereocenters. The monoisotopic (exact) mass is 301 g/mol. The van der Waals surface area contributed by atoms with Crippen LogP contribution in [0.3, 0.4) is 0 Å². The molecular weight excluding hydrogens is 282 g/mol. The van der Waals surface area contributed by atoms with Gasteiger partial charge >= 0.3 is 0 Å². The van der Waals surface area contributed by atoms with Crippen molar-refractivity contribution in [3.8, 4) is 0 Å². The van der Waals surface area contributed by atoms with Crippen molar-refractivity contribution < 1.29 is 4.79 Å². The minimum Gasteiger partial charge on any atom is -0.390 e. The summed E-state index contributed by atoms with van der Waals surface area (Å²) in [6.45, 7) is 0.505. The fourth-order valence-electron chi connectivity index (χ4n) is 2.78. The lowest BCUT2D eigenvalue weighted by Gasteiger charge is -2.07. The third-order valence-corrected chi connectivity index (χ3v) is 5.00. The van der Waals surface area contributed by atoms with Gasteiger partial charge in [-0.3, -0.25) is 9.78 Å². The van der Waals surface area contributed by atoms with Gasteiger partial charge in [0.05, 0.1) is 10.6 Å². The maximum atomic E-state index is 12.5. The van der Waals surface area contributed by atoms with Gasteiger partial charge in [-0.25, -0.2) is 0 Å². The van der Waals surface area contributed by atoms with E-state index >= 15 is 0 Å². The Balaban J connectivity index is 1.77. The van der Waals surface area contributed by atoms with Crippen LogP contribution in [0.15, 0.2) is 24.5 Å². The Labute approximate surface area is 128 Å². The van der Waals surface area contributed by atoms with Crippen molar-refractivity contribution in [2.45, 2.75) is 38.6 Å². The number of carbonyl (C=O) groups excluding carboxylic acids is 1. The third-order valence-electron chi connectivity index (χ3n) is 3.88. The molecule has 1 amide bonds. The average Bonchev–Trinajstić information content (AvgIpc) is 2.67. The highest BCUT2D eigenvalue weighted by atomic mass is 32.1. The van der Waals surface area contributed by atoms with Gasteiger partial charge < -0.3 is 11.1 Å². The predicted octanol–water partition coefficient (Wildman–Crippen LogP) is 2.92. The van der Waals surface area contributed by atoms with Gasteiger partial charge in [0, 0.05) is 23.8 Å². The normalized spacial score (nSPS) is 14.3. The summed E-state index contributed by atoms with van der Waals surface area (Å²) in [7, 11) is 0. The van der Waals surface area contributed by atoms with Crippen molar-refractivity contribution in [2.75, 3.05) is 5.73 Å². The average molecular weight is 301 g/mol. The van der Waals surface area contributed by atoms with Crippen molar-refractivity contribution in [1.29, 1.82) is 0 Å². The Bertz CT molecular complexity index is 636. The molecular formula is C16H19N3OS. The van der Waals surface area contributed by atoms with Crippen LogP contribution in [0.5, 0.6) is 0 Å². The van der Waals surface area contributed by atoms with E-state index in [2.05, 4.69) is 10.3 Å². The van der Waals surface area contributed by atoms with Crippen LogP contribution < -0.4 is 11.1 Å². The molecule has 3 rings (SSSR count). The van der Waals surface area contributed by atoms with E-state index in [4.69, 9.17) is 5.73 Å². The fraction of sp³-hybridized carbons (Fsp3) is 0.375. The van der Waals surface area contributed by atoms with Crippen molar-refractivity contribution in [3.63, 3.8) is 0 Å². The van der Waals surface area contributed by atoms with Crippen LogP contribution >= 0.6 is 11.3 Å². The second-order valence-corrected chi connectivity index (χ2v) is 6.48. The summed E-state index contributed by atoms with van der Waals surface area (Å²) in [5, 5.41) is 3.63. The Morgan fingerprint density at radius 3 is 2.81 bits per heavy atom. The van der Waals surface area contributed by atoms with E-state index in [0.717, 1.165) is 24.8 Å². The quantitative estimate of drug-likeness (QED) is 0.857. The molecule has 2 heterocycles. The zero-order valence-corrected chi connectivity index (χ0v) is 12.7. The van der Waals surface area contributed by atoms with Gasteiger partial charge in [0.15, 0.2) is 0 Å². The van der Waals surface area contributed by atoms with Crippen molar-refractivity contribution in [1.82, 2.24) is 10.3 Å². The van der Waals surface area contributed by atoms with E-state index < -0.39 is 0 Å². The molecule has 1 aliphatic carbocycles. The fourth-order valence-corrected chi connectivity index (χ4v) is 3.94. The molecule has 21 heavy (non-hydrogen) atoms. The first-order valence-corrected chi connectivity index (χ1v) is 8.14. The number of hydrogen-bond acceptors (Lipinski definition) is 4. The highest BCUT2D eigenvalue weighted by Crippen LogP contribution is 2.35. The van der Waals surface area contributed by atoms with Gasteiger partial charge in [0.1, 0.15) is 0 Å². The Morgan fingerprint density at radius 2 is 2.00 bits per heavy atom. The maximum absolute atomic E-state index is 12.5. The number of amides is 1. The molecule has 0 bridgehead atoms. The number of nitrogens with zero attached hydrogens (tertiary/aromatic N) is 1. The summed E-state index contributed by atoms with van der Waals surface area (Å²) < 4.78 is 0. The van der Waals surface area contributed by atoms with Crippen LogP contribution in [-0.4, -0.2) is 10.9 Å². The SMILES string of the molecule is Nc1sc2c(c1C(=O)NCc1ccncc1)CCCCC2. The van der Waals surface area contributed by atoms with Gasteiger partial charge in [0.25, 0.3) is 5.91 Å². The van der Waals surface area contributed by atoms with E-state index in [9.17, 15) is 4.79 Å². The Hall–Kier alpha value is -1.88. The molecule has 0 aromatic carbocycles. The number of anilines is 1. The topological polar surface area (TPSA) is 68.0 Å². The maximum Gasteiger partial charge on any atom is 0.254 e. The van der Waals surface area contributed by atoms with Crippen LogP contribution in [0.4, 0.5) is 5.00 Å². The van der Waals surface area contributed by atoms with E-state index in [1.54, 1.807) is 23.7 Å². The number of thiophene rings is 1. The van der Waals surface area contributed by atoms with Crippen molar-refractivity contribution >= 4 is 22.2 Å². The van der Waals surface area contributed by atoms with Crippen LogP contribution in [-0.2, 0) is 19.4 Å². The van der Waals surface area contributed by atoms with Crippen LogP contribution in [0.1, 0.15) is 45.6 Å². The van der Waals surface area contributed by atoms with Gasteiger partial charge in [-0.2, -0.15) is 0 Å². The van der Waals surface area contributed by atoms with Gasteiger partial charge in [-0.15, -0.1) is 11.3 Å². The number of carbonyl (C=O) groups is 1. The highest BCUT2D eigenvalue weighted by Gasteiger charge is 2.22. The van der Waals surface area contributed by atoms with Crippen LogP contribution in [0.2, 0.25) is 0 Å². The molecule has 0 saturated heterocycles. The Kier molecular flexibility index (Phi) is 4.20. The van der Waals surface area contributed by atoms with Crippen molar-refractivity contribution in [2.24, 2.45) is 0 Å². The number of rotatable bonds is 3. The summed E-state index contributed by atoms with van der Waals surface area (Å²) in [4.78, 5) is 17.8. The molecule has 0 radical (unpaired) electrons. The number of nitrogens with two attached hydrogens (primary N) is 1. The smallest absolute Gasteiger partial charge is 0.254 e. The molecule has 4 nitrogen and oxygen atoms in total. The highest BCUT2D eigenvalue weighted by molar-refractivity contribution is 7.16. The van der Waals surface area contributed by atoms with Crippen molar-refractivity contribution in [3.05, 3.63) is 46.1 Å². The number of pyridine rings is 1. The number of nitrogen functional groups attached to an aromatic ring is 1. The summed E-state index contributed by atoms with van der Waals surface area (Å²) in [6.07, 6.45) is 9.07. The van der Waals surface area contributed by atoms with Gasteiger partial charge in [-0.05, 0) is 48.9 Å². The Morgan fingerprint density at radius 1 is 1.24 bits per heavy atom. The zero-order valence-electron chi connectivity index (χ0n) is 11.9. The molecule has 1 aliphatic rings. The first-order chi connectivity index (χ1) is 10.3. The van der Waals surface area contributed by atoms with Crippen LogP contribution in [0.25, 0.3) is 0 Å². The second-order valence-electron chi connectivity index (χ2n) is 5.34. The molecule has 5 heteroatoms. The summed E-state index contributed by atoms with van der Waals surface area (Å²) >= 11 is 1.59. The third kappa shape index (κ3) is 3.08. The molecule has 110 valence electrons. The number of aryl methyl sites for hydroxylation is 1. The first-order valence-electron chi connectivity index (χ1n) is 7.33. The second kappa shape index (κ2) is 6.26. The number of nitrogens with one attached hydrogen (secondary N) is 1. The molecule has 0 saturated carbocycles. The molecule has 3 N–H and O–H groups in total. The van der Waals surface area contributed by atoms with E-state index in [1.807, 2.05) is 12.1 Å². The number of aromatic nitrogens is 1. The zero-order chi connectivity index (χ0) is 14.7. The van der Waals surface area contributed by atoms with Gasteiger partial charge in [-0.1, -0.05) is 6.42 Å². The lowest BCUT2D eigenvalue weighted by atomic mass is 10.0. The molecule has 0 unspecified atom stereocenters. The molecule has 0 spiro atoms. The lowest BCUT2D eigenvalue weighted by molar-refractivity contribution is 0.0951. The lowest BCUT2D eigenvalue weighted by Crippen LogP contribution is -2.24. The minimum atomic E-state index is -0.0521. The van der Waals surface area contributed by atoms with Gasteiger partial charge in [0.2, 0.25) is 0 Å². The summed E-state index contributed by atoms with van der Waals surface area (Å²) in [5.74, 6) is -0.0521. The van der Waals surface area contributed by atoms with Crippen LogP contribution in [0, 0.1) is 0 Å². The molecule has 2 aromatic rings. The summed E-state index contributed by atoms with van der Waals surface area (Å²) in [6, 6.07) is 3.80. The van der Waals surface area contributed by atoms with E-state index in [-0.39, 0.29) is 5.91 Å². The molecule has 0 fully saturated rings. The van der Waals surface area contributed by atoms with E-state index in [1.165, 1.54) is 23.3 Å². The summed E-state index contributed by atoms with van der Waals surface area (Å²) in [5.41, 5.74) is 9.03. The molecule has 2 aromatic heterocycles. The number of fused-ring (bicyclic) bond motifs is 1. The number of hydrogen-bond donors (Lipinski definition) is 2. The van der Waals surface area contributed by atoms with E-state index in [0.29, 0.717) is 17.1 Å². The first kappa shape index (κ1) is 14.1.